The first-order chi connectivity index (χ1) is 14.6. The van der Waals surface area contributed by atoms with Gasteiger partial charge in [-0.2, -0.15) is 0 Å². The van der Waals surface area contributed by atoms with Gasteiger partial charge in [0.05, 0.1) is 6.04 Å². The normalized spacial score (nSPS) is 24.7. The fourth-order valence-corrected chi connectivity index (χ4v) is 4.34. The first kappa shape index (κ1) is 23.3. The van der Waals surface area contributed by atoms with Crippen LogP contribution in [-0.2, 0) is 15.1 Å². The maximum atomic E-state index is 13.4. The van der Waals surface area contributed by atoms with Gasteiger partial charge in [0.15, 0.2) is 0 Å². The van der Waals surface area contributed by atoms with Crippen molar-refractivity contribution in [3.05, 3.63) is 35.6 Å². The number of aliphatic hydroxyl groups excluding tert-OH is 1. The molecule has 2 heterocycles. The van der Waals surface area contributed by atoms with Crippen molar-refractivity contribution >= 4 is 12.2 Å². The summed E-state index contributed by atoms with van der Waals surface area (Å²) in [5, 5.41) is 9.33. The summed E-state index contributed by atoms with van der Waals surface area (Å²) < 4.78 is 24.9. The highest BCUT2D eigenvalue weighted by Gasteiger charge is 2.44. The Morgan fingerprint density at radius 3 is 2.61 bits per heavy atom. The van der Waals surface area contributed by atoms with Crippen LogP contribution in [0.15, 0.2) is 24.3 Å². The molecule has 2 unspecified atom stereocenters. The summed E-state index contributed by atoms with van der Waals surface area (Å²) in [6.45, 7) is 6.95. The van der Waals surface area contributed by atoms with Gasteiger partial charge >= 0.3 is 12.2 Å². The van der Waals surface area contributed by atoms with E-state index in [2.05, 4.69) is 0 Å². The third-order valence-electron chi connectivity index (χ3n) is 5.87. The number of hydrogen-bond acceptors (Lipinski definition) is 5. The van der Waals surface area contributed by atoms with Crippen LogP contribution >= 0.6 is 0 Å². The van der Waals surface area contributed by atoms with Gasteiger partial charge in [-0.15, -0.1) is 0 Å². The van der Waals surface area contributed by atoms with E-state index in [-0.39, 0.29) is 24.6 Å². The summed E-state index contributed by atoms with van der Waals surface area (Å²) in [7, 11) is 0. The second-order valence-corrected chi connectivity index (χ2v) is 9.36. The van der Waals surface area contributed by atoms with Gasteiger partial charge in [-0.05, 0) is 64.2 Å². The summed E-state index contributed by atoms with van der Waals surface area (Å²) >= 11 is 0. The van der Waals surface area contributed by atoms with E-state index < -0.39 is 17.3 Å². The largest absolute Gasteiger partial charge is 0.444 e. The van der Waals surface area contributed by atoms with E-state index in [0.29, 0.717) is 38.9 Å². The standard InChI is InChI=1S/C23H33FN2O5/c1-22(2,3)30-20(28)25-13-4-6-19(16-25)26-14-12-23(11-5-15-27,31-21(26)29)17-7-9-18(24)10-8-17/h7-10,19,27H,4-6,11-16H2,1-3H3. The molecule has 2 amide bonds. The van der Waals surface area contributed by atoms with Crippen LogP contribution in [0.3, 0.4) is 0 Å². The van der Waals surface area contributed by atoms with E-state index in [9.17, 15) is 19.1 Å². The SMILES string of the molecule is CC(C)(C)OC(=O)N1CCCC(N2CCC(CCCO)(c3ccc(F)cc3)OC2=O)C1. The van der Waals surface area contributed by atoms with Crippen LogP contribution in [0.2, 0.25) is 0 Å². The maximum absolute atomic E-state index is 13.4. The second kappa shape index (κ2) is 9.42. The highest BCUT2D eigenvalue weighted by molar-refractivity contribution is 5.71. The molecule has 1 aromatic carbocycles. The lowest BCUT2D eigenvalue weighted by Gasteiger charge is -2.46. The Morgan fingerprint density at radius 1 is 1.29 bits per heavy atom. The Bertz CT molecular complexity index is 779. The molecular weight excluding hydrogens is 403 g/mol. The molecule has 3 rings (SSSR count). The smallest absolute Gasteiger partial charge is 0.410 e. The van der Waals surface area contributed by atoms with Crippen LogP contribution in [0.1, 0.15) is 58.4 Å². The van der Waals surface area contributed by atoms with E-state index in [1.54, 1.807) is 21.9 Å². The minimum Gasteiger partial charge on any atom is -0.444 e. The Hall–Kier alpha value is -2.35. The number of benzene rings is 1. The molecule has 1 N–H and O–H groups in total. The predicted octanol–water partition coefficient (Wildman–Crippen LogP) is 4.04. The zero-order valence-electron chi connectivity index (χ0n) is 18.6. The first-order valence-electron chi connectivity index (χ1n) is 11.0. The molecule has 0 aromatic heterocycles. The number of nitrogens with zero attached hydrogens (tertiary/aromatic N) is 2. The lowest BCUT2D eigenvalue weighted by Crippen LogP contribution is -2.57. The lowest BCUT2D eigenvalue weighted by molar-refractivity contribution is -0.0748. The van der Waals surface area contributed by atoms with E-state index >= 15 is 0 Å². The van der Waals surface area contributed by atoms with Gasteiger partial charge in [-0.3, -0.25) is 0 Å². The molecular formula is C23H33FN2O5. The molecule has 2 aliphatic rings. The fourth-order valence-electron chi connectivity index (χ4n) is 4.34. The third-order valence-corrected chi connectivity index (χ3v) is 5.87. The van der Waals surface area contributed by atoms with Crippen LogP contribution < -0.4 is 0 Å². The first-order valence-corrected chi connectivity index (χ1v) is 11.0. The molecule has 8 heteroatoms. The molecule has 2 aliphatic heterocycles. The summed E-state index contributed by atoms with van der Waals surface area (Å²) in [5.74, 6) is -0.353. The van der Waals surface area contributed by atoms with Gasteiger partial charge in [0.1, 0.15) is 17.0 Å². The number of piperidine rings is 1. The van der Waals surface area contributed by atoms with Crippen LogP contribution in [0.25, 0.3) is 0 Å². The fraction of sp³-hybridized carbons (Fsp3) is 0.652. The molecule has 0 saturated carbocycles. The number of hydrogen-bond donors (Lipinski definition) is 1. The van der Waals surface area contributed by atoms with Gasteiger partial charge in [0.2, 0.25) is 0 Å². The minimum absolute atomic E-state index is 0.0162. The third kappa shape index (κ3) is 5.67. The maximum Gasteiger partial charge on any atom is 0.410 e. The molecule has 2 fully saturated rings. The Labute approximate surface area is 183 Å². The van der Waals surface area contributed by atoms with Gasteiger partial charge in [0.25, 0.3) is 0 Å². The number of ether oxygens (including phenoxy) is 2. The summed E-state index contributed by atoms with van der Waals surface area (Å²) in [6.07, 6.45) is 2.23. The number of carbonyl (C=O) groups is 2. The zero-order valence-corrected chi connectivity index (χ0v) is 18.6. The number of likely N-dealkylation sites (tertiary alicyclic amines) is 1. The Kier molecular flexibility index (Phi) is 7.09. The quantitative estimate of drug-likeness (QED) is 0.754. The molecule has 172 valence electrons. The number of amides is 2. The van der Waals surface area contributed by atoms with Crippen LogP contribution in [-0.4, -0.2) is 65.0 Å². The van der Waals surface area contributed by atoms with Crippen molar-refractivity contribution in [3.63, 3.8) is 0 Å². The summed E-state index contributed by atoms with van der Waals surface area (Å²) in [5.41, 5.74) is -0.728. The van der Waals surface area contributed by atoms with Crippen molar-refractivity contribution in [2.24, 2.45) is 0 Å². The molecule has 0 bridgehead atoms. The highest BCUT2D eigenvalue weighted by atomic mass is 19.1. The molecule has 2 saturated heterocycles. The van der Waals surface area contributed by atoms with Crippen molar-refractivity contribution in [3.8, 4) is 0 Å². The van der Waals surface area contributed by atoms with Crippen molar-refractivity contribution < 1.29 is 28.6 Å². The number of rotatable bonds is 5. The van der Waals surface area contributed by atoms with E-state index in [0.717, 1.165) is 18.4 Å². The second-order valence-electron chi connectivity index (χ2n) is 9.36. The van der Waals surface area contributed by atoms with E-state index in [1.807, 2.05) is 20.8 Å². The van der Waals surface area contributed by atoms with Crippen LogP contribution in [0, 0.1) is 5.82 Å². The lowest BCUT2D eigenvalue weighted by atomic mass is 9.84. The monoisotopic (exact) mass is 436 g/mol. The molecule has 31 heavy (non-hydrogen) atoms. The molecule has 2 atom stereocenters. The summed E-state index contributed by atoms with van der Waals surface area (Å²) in [6, 6.07) is 5.85. The predicted molar refractivity (Wildman–Crippen MR) is 113 cm³/mol. The Balaban J connectivity index is 1.71. The van der Waals surface area contributed by atoms with Gasteiger partial charge in [-0.1, -0.05) is 12.1 Å². The van der Waals surface area contributed by atoms with E-state index in [1.165, 1.54) is 12.1 Å². The molecule has 7 nitrogen and oxygen atoms in total. The Morgan fingerprint density at radius 2 is 2.00 bits per heavy atom. The van der Waals surface area contributed by atoms with Crippen LogP contribution in [0.4, 0.5) is 14.0 Å². The number of aliphatic hydroxyl groups is 1. The summed E-state index contributed by atoms with van der Waals surface area (Å²) in [4.78, 5) is 28.9. The van der Waals surface area contributed by atoms with Crippen LogP contribution in [0.5, 0.6) is 0 Å². The minimum atomic E-state index is -0.885. The van der Waals surface area contributed by atoms with Crippen molar-refractivity contribution in [2.45, 2.75) is 70.1 Å². The number of cyclic esters (lactones) is 1. The van der Waals surface area contributed by atoms with Gasteiger partial charge in [-0.25, -0.2) is 14.0 Å². The molecule has 0 aliphatic carbocycles. The zero-order chi connectivity index (χ0) is 22.6. The van der Waals surface area contributed by atoms with E-state index in [4.69, 9.17) is 9.47 Å². The van der Waals surface area contributed by atoms with Crippen molar-refractivity contribution in [2.75, 3.05) is 26.2 Å². The molecule has 0 spiro atoms. The number of carbonyl (C=O) groups excluding carboxylic acids is 2. The van der Waals surface area contributed by atoms with Crippen molar-refractivity contribution in [1.29, 1.82) is 0 Å². The molecule has 1 aromatic rings. The van der Waals surface area contributed by atoms with Gasteiger partial charge < -0.3 is 24.4 Å². The number of halogens is 1. The topological polar surface area (TPSA) is 79.3 Å². The average Bonchev–Trinajstić information content (AvgIpc) is 2.71. The van der Waals surface area contributed by atoms with Gasteiger partial charge in [0, 0.05) is 32.7 Å². The molecule has 0 radical (unpaired) electrons. The van der Waals surface area contributed by atoms with Crippen molar-refractivity contribution in [1.82, 2.24) is 9.80 Å². The highest BCUT2D eigenvalue weighted by Crippen LogP contribution is 2.39. The average molecular weight is 437 g/mol.